The minimum atomic E-state index is 0.157. The third kappa shape index (κ3) is 2.92. The predicted octanol–water partition coefficient (Wildman–Crippen LogP) is 3.08. The third-order valence-corrected chi connectivity index (χ3v) is 4.15. The summed E-state index contributed by atoms with van der Waals surface area (Å²) in [6.07, 6.45) is 5.32. The number of hydrogen-bond donors (Lipinski definition) is 0. The van der Waals surface area contributed by atoms with E-state index in [1.807, 2.05) is 0 Å². The molecular formula is C13H19NOS. The van der Waals surface area contributed by atoms with Crippen molar-refractivity contribution in [2.24, 2.45) is 0 Å². The highest BCUT2D eigenvalue weighted by molar-refractivity contribution is 7.09. The first-order chi connectivity index (χ1) is 7.77. The maximum absolute atomic E-state index is 11.9. The number of ketones is 1. The first kappa shape index (κ1) is 11.8. The summed E-state index contributed by atoms with van der Waals surface area (Å²) in [5.74, 6) is 0.441. The standard InChI is InChI=1S/C13H19NOS/c1-14(10-11-6-5-9-16-11)12-7-3-2-4-8-13(12)15/h5-6,9,12H,2-4,7-8,10H2,1H3. The van der Waals surface area contributed by atoms with Crippen LogP contribution in [0.4, 0.5) is 0 Å². The van der Waals surface area contributed by atoms with Crippen LogP contribution in [0.25, 0.3) is 0 Å². The van der Waals surface area contributed by atoms with Gasteiger partial charge in [0, 0.05) is 17.8 Å². The Balaban J connectivity index is 1.96. The van der Waals surface area contributed by atoms with Crippen molar-refractivity contribution in [2.45, 2.75) is 44.7 Å². The topological polar surface area (TPSA) is 20.3 Å². The van der Waals surface area contributed by atoms with Crippen LogP contribution in [0.2, 0.25) is 0 Å². The van der Waals surface area contributed by atoms with E-state index < -0.39 is 0 Å². The monoisotopic (exact) mass is 237 g/mol. The highest BCUT2D eigenvalue weighted by Gasteiger charge is 2.24. The van der Waals surface area contributed by atoms with Gasteiger partial charge in [0.15, 0.2) is 0 Å². The second-order valence-corrected chi connectivity index (χ2v) is 5.61. The molecule has 0 N–H and O–H groups in total. The average Bonchev–Trinajstić information content (AvgIpc) is 2.66. The van der Waals surface area contributed by atoms with Gasteiger partial charge in [-0.3, -0.25) is 9.69 Å². The summed E-state index contributed by atoms with van der Waals surface area (Å²) in [6, 6.07) is 4.37. The Morgan fingerprint density at radius 3 is 3.06 bits per heavy atom. The minimum absolute atomic E-state index is 0.157. The van der Waals surface area contributed by atoms with Crippen LogP contribution in [-0.4, -0.2) is 23.8 Å². The van der Waals surface area contributed by atoms with Crippen molar-refractivity contribution in [1.29, 1.82) is 0 Å². The van der Waals surface area contributed by atoms with Gasteiger partial charge < -0.3 is 0 Å². The molecule has 0 amide bonds. The summed E-state index contributed by atoms with van der Waals surface area (Å²) in [6.45, 7) is 0.911. The van der Waals surface area contributed by atoms with Crippen LogP contribution in [0.5, 0.6) is 0 Å². The number of carbonyl (C=O) groups is 1. The van der Waals surface area contributed by atoms with Gasteiger partial charge in [-0.1, -0.05) is 18.9 Å². The molecule has 1 aromatic heterocycles. The molecule has 0 radical (unpaired) electrons. The lowest BCUT2D eigenvalue weighted by Crippen LogP contribution is -2.37. The normalized spacial score (nSPS) is 22.4. The molecule has 3 heteroatoms. The fourth-order valence-electron chi connectivity index (χ4n) is 2.37. The van der Waals surface area contributed by atoms with Crippen molar-refractivity contribution in [3.05, 3.63) is 22.4 Å². The van der Waals surface area contributed by atoms with Gasteiger partial charge in [-0.15, -0.1) is 11.3 Å². The molecule has 0 aromatic carbocycles. The predicted molar refractivity (Wildman–Crippen MR) is 67.7 cm³/mol. The Hall–Kier alpha value is -0.670. The molecule has 2 nitrogen and oxygen atoms in total. The maximum atomic E-state index is 11.9. The molecule has 0 bridgehead atoms. The van der Waals surface area contributed by atoms with Crippen LogP contribution in [-0.2, 0) is 11.3 Å². The second kappa shape index (κ2) is 5.60. The minimum Gasteiger partial charge on any atom is -0.298 e. The lowest BCUT2D eigenvalue weighted by Gasteiger charge is -2.25. The molecule has 1 aliphatic rings. The van der Waals surface area contributed by atoms with Crippen molar-refractivity contribution >= 4 is 17.1 Å². The van der Waals surface area contributed by atoms with Crippen molar-refractivity contribution in [3.8, 4) is 0 Å². The van der Waals surface area contributed by atoms with Gasteiger partial charge >= 0.3 is 0 Å². The average molecular weight is 237 g/mol. The van der Waals surface area contributed by atoms with E-state index in [0.717, 1.165) is 25.8 Å². The Morgan fingerprint density at radius 2 is 2.31 bits per heavy atom. The van der Waals surface area contributed by atoms with Gasteiger partial charge in [0.25, 0.3) is 0 Å². The smallest absolute Gasteiger partial charge is 0.149 e. The zero-order valence-electron chi connectivity index (χ0n) is 9.82. The Labute approximate surface area is 101 Å². The van der Waals surface area contributed by atoms with Gasteiger partial charge in [0.2, 0.25) is 0 Å². The number of hydrogen-bond acceptors (Lipinski definition) is 3. The van der Waals surface area contributed by atoms with Gasteiger partial charge in [-0.25, -0.2) is 0 Å². The molecule has 1 heterocycles. The molecule has 0 saturated heterocycles. The number of thiophene rings is 1. The fourth-order valence-corrected chi connectivity index (χ4v) is 3.13. The van der Waals surface area contributed by atoms with Crippen molar-refractivity contribution in [1.82, 2.24) is 4.90 Å². The van der Waals surface area contributed by atoms with E-state index in [4.69, 9.17) is 0 Å². The molecule has 1 aliphatic carbocycles. The molecule has 1 unspecified atom stereocenters. The zero-order valence-corrected chi connectivity index (χ0v) is 10.6. The summed E-state index contributed by atoms with van der Waals surface area (Å²) in [4.78, 5) is 15.5. The first-order valence-corrected chi connectivity index (χ1v) is 6.90. The zero-order chi connectivity index (χ0) is 11.4. The van der Waals surface area contributed by atoms with Crippen LogP contribution in [0.15, 0.2) is 17.5 Å². The van der Waals surface area contributed by atoms with E-state index >= 15 is 0 Å². The highest BCUT2D eigenvalue weighted by atomic mass is 32.1. The Kier molecular flexibility index (Phi) is 4.13. The maximum Gasteiger partial charge on any atom is 0.149 e. The quantitative estimate of drug-likeness (QED) is 0.753. The number of carbonyl (C=O) groups excluding carboxylic acids is 1. The summed E-state index contributed by atoms with van der Waals surface area (Å²) < 4.78 is 0. The molecule has 1 saturated carbocycles. The third-order valence-electron chi connectivity index (χ3n) is 3.29. The van der Waals surface area contributed by atoms with Crippen LogP contribution in [0.3, 0.4) is 0 Å². The summed E-state index contributed by atoms with van der Waals surface area (Å²) in [7, 11) is 2.08. The Morgan fingerprint density at radius 1 is 1.44 bits per heavy atom. The SMILES string of the molecule is CN(Cc1cccs1)C1CCCCCC1=O. The number of nitrogens with zero attached hydrogens (tertiary/aromatic N) is 1. The highest BCUT2D eigenvalue weighted by Crippen LogP contribution is 2.21. The van der Waals surface area contributed by atoms with E-state index in [1.165, 1.54) is 17.7 Å². The lowest BCUT2D eigenvalue weighted by molar-refractivity contribution is -0.123. The van der Waals surface area contributed by atoms with Crippen LogP contribution < -0.4 is 0 Å². The summed E-state index contributed by atoms with van der Waals surface area (Å²) in [5, 5.41) is 2.10. The van der Waals surface area contributed by atoms with E-state index in [2.05, 4.69) is 29.5 Å². The number of rotatable bonds is 3. The van der Waals surface area contributed by atoms with Gasteiger partial charge in [-0.05, 0) is 31.3 Å². The van der Waals surface area contributed by atoms with Gasteiger partial charge in [0.05, 0.1) is 6.04 Å². The molecular weight excluding hydrogens is 218 g/mol. The van der Waals surface area contributed by atoms with Crippen LogP contribution >= 0.6 is 11.3 Å². The van der Waals surface area contributed by atoms with Crippen molar-refractivity contribution < 1.29 is 4.79 Å². The van der Waals surface area contributed by atoms with Crippen molar-refractivity contribution in [3.63, 3.8) is 0 Å². The van der Waals surface area contributed by atoms with Crippen LogP contribution in [0, 0.1) is 0 Å². The Bertz CT molecular complexity index is 334. The van der Waals surface area contributed by atoms with Crippen molar-refractivity contribution in [2.75, 3.05) is 7.05 Å². The van der Waals surface area contributed by atoms with E-state index in [-0.39, 0.29) is 6.04 Å². The van der Waals surface area contributed by atoms with E-state index in [1.54, 1.807) is 11.3 Å². The lowest BCUT2D eigenvalue weighted by atomic mass is 10.1. The number of likely N-dealkylation sites (N-methyl/N-ethyl adjacent to an activating group) is 1. The molecule has 1 atom stereocenters. The van der Waals surface area contributed by atoms with E-state index in [0.29, 0.717) is 5.78 Å². The molecule has 16 heavy (non-hydrogen) atoms. The molecule has 2 rings (SSSR count). The van der Waals surface area contributed by atoms with Gasteiger partial charge in [-0.2, -0.15) is 0 Å². The van der Waals surface area contributed by atoms with E-state index in [9.17, 15) is 4.79 Å². The second-order valence-electron chi connectivity index (χ2n) is 4.58. The molecule has 1 fully saturated rings. The van der Waals surface area contributed by atoms with Gasteiger partial charge in [0.1, 0.15) is 5.78 Å². The molecule has 88 valence electrons. The molecule has 1 aromatic rings. The summed E-state index contributed by atoms with van der Waals surface area (Å²) in [5.41, 5.74) is 0. The fraction of sp³-hybridized carbons (Fsp3) is 0.615. The number of Topliss-reactive ketones (excluding diaryl/α,β-unsaturated/α-hetero) is 1. The molecule has 0 aliphatic heterocycles. The van der Waals surface area contributed by atoms with Crippen LogP contribution in [0.1, 0.15) is 37.0 Å². The first-order valence-electron chi connectivity index (χ1n) is 6.02. The molecule has 0 spiro atoms. The largest absolute Gasteiger partial charge is 0.298 e. The summed E-state index contributed by atoms with van der Waals surface area (Å²) >= 11 is 1.77.